The Balaban J connectivity index is 2.44. The molecule has 1 N–H and O–H groups in total. The Hall–Kier alpha value is -1.37. The summed E-state index contributed by atoms with van der Waals surface area (Å²) in [5, 5.41) is 1.06. The summed E-state index contributed by atoms with van der Waals surface area (Å²) in [6.07, 6.45) is -3.89. The molecule has 0 radical (unpaired) electrons. The minimum absolute atomic E-state index is 0.0812. The second-order valence-electron chi connectivity index (χ2n) is 3.83. The van der Waals surface area contributed by atoms with Gasteiger partial charge in [-0.05, 0) is 19.4 Å². The molecule has 1 unspecified atom stereocenters. The molecule has 0 aliphatic carbocycles. The van der Waals surface area contributed by atoms with Gasteiger partial charge in [-0.2, -0.15) is 13.2 Å². The van der Waals surface area contributed by atoms with Crippen LogP contribution in [0.2, 0.25) is 0 Å². The lowest BCUT2D eigenvalue weighted by Crippen LogP contribution is -2.42. The molecule has 2 heterocycles. The molecule has 2 aliphatic heterocycles. The molecule has 0 fully saturated rings. The van der Waals surface area contributed by atoms with Crippen LogP contribution in [0.3, 0.4) is 0 Å². The van der Waals surface area contributed by atoms with Crippen molar-refractivity contribution in [2.45, 2.75) is 32.6 Å². The van der Waals surface area contributed by atoms with E-state index >= 15 is 0 Å². The van der Waals surface area contributed by atoms with Gasteiger partial charge in [-0.15, -0.1) is 0 Å². The smallest absolute Gasteiger partial charge is 0.259 e. The lowest BCUT2D eigenvalue weighted by atomic mass is 10.1. The van der Waals surface area contributed by atoms with Gasteiger partial charge in [0, 0.05) is 5.70 Å². The molecular formula is C10H11F4N3. The van der Waals surface area contributed by atoms with E-state index in [9.17, 15) is 17.6 Å². The number of hydrogen-bond donors (Lipinski definition) is 1. The summed E-state index contributed by atoms with van der Waals surface area (Å²) in [6.45, 7) is 3.10. The monoisotopic (exact) mass is 249 g/mol. The summed E-state index contributed by atoms with van der Waals surface area (Å²) < 4.78 is 51.4. The van der Waals surface area contributed by atoms with Crippen molar-refractivity contribution in [2.75, 3.05) is 0 Å². The van der Waals surface area contributed by atoms with Gasteiger partial charge in [0.25, 0.3) is 0 Å². The van der Waals surface area contributed by atoms with Crippen LogP contribution in [0.15, 0.2) is 28.2 Å². The third kappa shape index (κ3) is 1.95. The van der Waals surface area contributed by atoms with Crippen LogP contribution < -0.4 is 5.43 Å². The first kappa shape index (κ1) is 12.1. The van der Waals surface area contributed by atoms with Crippen molar-refractivity contribution >= 4 is 5.84 Å². The third-order valence-electron chi connectivity index (χ3n) is 2.67. The van der Waals surface area contributed by atoms with Crippen molar-refractivity contribution in [3.8, 4) is 0 Å². The van der Waals surface area contributed by atoms with Crippen LogP contribution in [0.25, 0.3) is 0 Å². The van der Waals surface area contributed by atoms with Crippen LogP contribution in [0.1, 0.15) is 20.3 Å². The van der Waals surface area contributed by atoms with E-state index in [0.717, 1.165) is 5.01 Å². The standard InChI is InChI=1S/C10H11F4N3/c1-3-8-15-9-7(11)4-6(10(12,13)14)5(2)17(9)16-8/h4,8,16H,3H2,1-2H3. The van der Waals surface area contributed by atoms with E-state index in [1.54, 1.807) is 0 Å². The van der Waals surface area contributed by atoms with Crippen molar-refractivity contribution in [1.29, 1.82) is 0 Å². The summed E-state index contributed by atoms with van der Waals surface area (Å²) in [6, 6.07) is 0. The fraction of sp³-hybridized carbons (Fsp3) is 0.500. The summed E-state index contributed by atoms with van der Waals surface area (Å²) in [4.78, 5) is 3.96. The molecule has 94 valence electrons. The van der Waals surface area contributed by atoms with Crippen molar-refractivity contribution in [1.82, 2.24) is 10.4 Å². The fourth-order valence-corrected chi connectivity index (χ4v) is 1.75. The number of aliphatic imine (C=N–C) groups is 1. The minimum atomic E-state index is -4.57. The predicted molar refractivity (Wildman–Crippen MR) is 54.4 cm³/mol. The molecule has 3 nitrogen and oxygen atoms in total. The third-order valence-corrected chi connectivity index (χ3v) is 2.67. The SMILES string of the molecule is CCC1N=C2C(F)=CC(C(F)(F)F)=C(C)N2N1. The highest BCUT2D eigenvalue weighted by molar-refractivity contribution is 6.00. The van der Waals surface area contributed by atoms with Crippen LogP contribution in [-0.4, -0.2) is 23.2 Å². The highest BCUT2D eigenvalue weighted by Gasteiger charge is 2.41. The average Bonchev–Trinajstić information content (AvgIpc) is 2.66. The Labute approximate surface area is 95.5 Å². The zero-order chi connectivity index (χ0) is 12.8. The molecule has 0 aromatic heterocycles. The van der Waals surface area contributed by atoms with E-state index in [1.807, 2.05) is 6.92 Å². The Morgan fingerprint density at radius 2 is 2.12 bits per heavy atom. The fourth-order valence-electron chi connectivity index (χ4n) is 1.75. The van der Waals surface area contributed by atoms with Crippen LogP contribution in [0.4, 0.5) is 17.6 Å². The van der Waals surface area contributed by atoms with E-state index in [4.69, 9.17) is 0 Å². The predicted octanol–water partition coefficient (Wildman–Crippen LogP) is 2.64. The number of nitrogens with one attached hydrogen (secondary N) is 1. The zero-order valence-corrected chi connectivity index (χ0v) is 9.27. The summed E-state index contributed by atoms with van der Waals surface area (Å²) in [5.41, 5.74) is 1.64. The lowest BCUT2D eigenvalue weighted by molar-refractivity contribution is -0.0904. The molecule has 0 aromatic carbocycles. The first-order chi connectivity index (χ1) is 7.84. The molecule has 7 heteroatoms. The van der Waals surface area contributed by atoms with Gasteiger partial charge in [0.05, 0.1) is 5.57 Å². The van der Waals surface area contributed by atoms with E-state index in [1.165, 1.54) is 6.92 Å². The van der Waals surface area contributed by atoms with Crippen molar-refractivity contribution < 1.29 is 17.6 Å². The number of fused-ring (bicyclic) bond motifs is 1. The van der Waals surface area contributed by atoms with Gasteiger partial charge in [-0.25, -0.2) is 14.8 Å². The van der Waals surface area contributed by atoms with Gasteiger partial charge >= 0.3 is 6.18 Å². The van der Waals surface area contributed by atoms with Crippen LogP contribution in [0, 0.1) is 0 Å². The van der Waals surface area contributed by atoms with E-state index < -0.39 is 17.6 Å². The normalized spacial score (nSPS) is 24.8. The number of amidine groups is 1. The van der Waals surface area contributed by atoms with Gasteiger partial charge < -0.3 is 0 Å². The van der Waals surface area contributed by atoms with Gasteiger partial charge in [-0.1, -0.05) is 6.92 Å². The highest BCUT2D eigenvalue weighted by atomic mass is 19.4. The molecular weight excluding hydrogens is 238 g/mol. The molecule has 0 aromatic rings. The number of hydrazine groups is 1. The first-order valence-corrected chi connectivity index (χ1v) is 5.14. The molecule has 0 spiro atoms. The number of alkyl halides is 3. The molecule has 0 bridgehead atoms. The minimum Gasteiger partial charge on any atom is -0.259 e. The number of nitrogens with zero attached hydrogens (tertiary/aromatic N) is 2. The molecule has 1 atom stereocenters. The maximum atomic E-state index is 13.5. The van der Waals surface area contributed by atoms with E-state index in [-0.39, 0.29) is 17.7 Å². The molecule has 2 rings (SSSR count). The quantitative estimate of drug-likeness (QED) is 0.723. The van der Waals surface area contributed by atoms with Crippen molar-refractivity contribution in [3.05, 3.63) is 23.2 Å². The average molecular weight is 249 g/mol. The van der Waals surface area contributed by atoms with Gasteiger partial charge in [0.15, 0.2) is 11.7 Å². The molecule has 17 heavy (non-hydrogen) atoms. The topological polar surface area (TPSA) is 27.6 Å². The van der Waals surface area contributed by atoms with Crippen LogP contribution in [0.5, 0.6) is 0 Å². The molecule has 0 saturated carbocycles. The summed E-state index contributed by atoms with van der Waals surface area (Å²) in [7, 11) is 0. The zero-order valence-electron chi connectivity index (χ0n) is 9.27. The van der Waals surface area contributed by atoms with Gasteiger partial charge in [0.1, 0.15) is 6.17 Å². The largest absolute Gasteiger partial charge is 0.418 e. The second kappa shape index (κ2) is 3.83. The van der Waals surface area contributed by atoms with Crippen LogP contribution >= 0.6 is 0 Å². The van der Waals surface area contributed by atoms with Gasteiger partial charge in [0.2, 0.25) is 0 Å². The molecule has 2 aliphatic rings. The Bertz CT molecular complexity index is 433. The van der Waals surface area contributed by atoms with E-state index in [2.05, 4.69) is 10.4 Å². The number of rotatable bonds is 1. The van der Waals surface area contributed by atoms with E-state index in [0.29, 0.717) is 12.5 Å². The summed E-state index contributed by atoms with van der Waals surface area (Å²) >= 11 is 0. The Morgan fingerprint density at radius 1 is 1.47 bits per heavy atom. The molecule has 0 amide bonds. The summed E-state index contributed by atoms with van der Waals surface area (Å²) in [5.74, 6) is -1.05. The van der Waals surface area contributed by atoms with Crippen molar-refractivity contribution in [3.63, 3.8) is 0 Å². The first-order valence-electron chi connectivity index (χ1n) is 5.14. The molecule has 0 saturated heterocycles. The number of halogens is 4. The van der Waals surface area contributed by atoms with Crippen molar-refractivity contribution in [2.24, 2.45) is 4.99 Å². The van der Waals surface area contributed by atoms with Gasteiger partial charge in [-0.3, -0.25) is 5.01 Å². The Kier molecular flexibility index (Phi) is 2.73. The number of hydrogen-bond acceptors (Lipinski definition) is 3. The lowest BCUT2D eigenvalue weighted by Gasteiger charge is -2.27. The maximum Gasteiger partial charge on any atom is 0.418 e. The second-order valence-corrected chi connectivity index (χ2v) is 3.83. The Morgan fingerprint density at radius 3 is 2.65 bits per heavy atom. The number of allylic oxidation sites excluding steroid dienone is 3. The van der Waals surface area contributed by atoms with Crippen LogP contribution in [-0.2, 0) is 0 Å². The highest BCUT2D eigenvalue weighted by Crippen LogP contribution is 2.36. The maximum absolute atomic E-state index is 13.5.